The Labute approximate surface area is 161 Å². The third-order valence-electron chi connectivity index (χ3n) is 3.76. The molecule has 2 heterocycles. The minimum absolute atomic E-state index is 0.403. The molecule has 0 fully saturated rings. The fourth-order valence-electron chi connectivity index (χ4n) is 2.53. The van der Waals surface area contributed by atoms with E-state index in [1.54, 1.807) is 18.5 Å². The monoisotopic (exact) mass is 460 g/mol. The summed E-state index contributed by atoms with van der Waals surface area (Å²) in [5.41, 5.74) is 1.91. The van der Waals surface area contributed by atoms with Gasteiger partial charge in [0.15, 0.2) is 17.5 Å². The summed E-state index contributed by atoms with van der Waals surface area (Å²) in [6.45, 7) is 0. The van der Waals surface area contributed by atoms with E-state index in [4.69, 9.17) is 0 Å². The maximum atomic E-state index is 13.5. The Morgan fingerprint density at radius 1 is 0.923 bits per heavy atom. The van der Waals surface area contributed by atoms with Crippen LogP contribution in [-0.4, -0.2) is 15.0 Å². The van der Waals surface area contributed by atoms with E-state index in [0.29, 0.717) is 17.3 Å². The summed E-state index contributed by atoms with van der Waals surface area (Å²) >= 11 is 2.20. The summed E-state index contributed by atoms with van der Waals surface area (Å²) in [6.07, 6.45) is 3.35. The maximum Gasteiger partial charge on any atom is 0.163 e. The van der Waals surface area contributed by atoms with Crippen molar-refractivity contribution in [1.29, 1.82) is 0 Å². The predicted octanol–water partition coefficient (Wildman–Crippen LogP) is 5.32. The number of halogens is 3. The number of nitrogens with one attached hydrogen (secondary N) is 1. The molecule has 0 bridgehead atoms. The molecule has 0 amide bonds. The molecular weight excluding hydrogens is 449 g/mol. The lowest BCUT2D eigenvalue weighted by molar-refractivity contribution is 0.509. The largest absolute Gasteiger partial charge is 0.340 e. The number of nitrogens with zero attached hydrogens (tertiary/aromatic N) is 3. The van der Waals surface area contributed by atoms with E-state index < -0.39 is 11.6 Å². The lowest BCUT2D eigenvalue weighted by Gasteiger charge is -2.11. The van der Waals surface area contributed by atoms with Gasteiger partial charge in [-0.15, -0.1) is 0 Å². The first-order chi connectivity index (χ1) is 12.6. The van der Waals surface area contributed by atoms with Crippen molar-refractivity contribution in [2.45, 2.75) is 0 Å². The zero-order valence-corrected chi connectivity index (χ0v) is 15.4. The van der Waals surface area contributed by atoms with Gasteiger partial charge in [-0.05, 0) is 65.1 Å². The minimum Gasteiger partial charge on any atom is -0.340 e. The van der Waals surface area contributed by atoms with E-state index in [-0.39, 0.29) is 0 Å². The van der Waals surface area contributed by atoms with Gasteiger partial charge in [0.1, 0.15) is 5.82 Å². The highest BCUT2D eigenvalue weighted by atomic mass is 127. The molecule has 4 rings (SSSR count). The molecule has 4 aromatic rings. The van der Waals surface area contributed by atoms with E-state index in [1.165, 1.54) is 6.07 Å². The number of aromatic nitrogens is 3. The van der Waals surface area contributed by atoms with E-state index in [9.17, 15) is 8.78 Å². The summed E-state index contributed by atoms with van der Waals surface area (Å²) in [5, 5.41) is 3.86. The molecule has 2 aromatic heterocycles. The normalized spacial score (nSPS) is 10.9. The van der Waals surface area contributed by atoms with Crippen molar-refractivity contribution in [3.05, 3.63) is 76.1 Å². The Hall–Kier alpha value is -2.68. The van der Waals surface area contributed by atoms with Gasteiger partial charge in [-0.1, -0.05) is 0 Å². The summed E-state index contributed by atoms with van der Waals surface area (Å²) in [7, 11) is 0. The average Bonchev–Trinajstić information content (AvgIpc) is 2.65. The van der Waals surface area contributed by atoms with Crippen LogP contribution in [0.15, 0.2) is 60.9 Å². The Morgan fingerprint density at radius 3 is 2.58 bits per heavy atom. The lowest BCUT2D eigenvalue weighted by Crippen LogP contribution is -2.00. The van der Waals surface area contributed by atoms with Crippen LogP contribution in [-0.2, 0) is 0 Å². The second-order valence-electron chi connectivity index (χ2n) is 5.55. The van der Waals surface area contributed by atoms with E-state index in [1.807, 2.05) is 24.3 Å². The van der Waals surface area contributed by atoms with Crippen LogP contribution in [0.3, 0.4) is 0 Å². The van der Waals surface area contributed by atoms with Crippen LogP contribution in [0, 0.1) is 15.2 Å². The van der Waals surface area contributed by atoms with Gasteiger partial charge in [0.05, 0.1) is 5.52 Å². The van der Waals surface area contributed by atoms with Crippen molar-refractivity contribution >= 4 is 45.0 Å². The lowest BCUT2D eigenvalue weighted by atomic mass is 10.2. The summed E-state index contributed by atoms with van der Waals surface area (Å²) in [4.78, 5) is 13.3. The van der Waals surface area contributed by atoms with Crippen molar-refractivity contribution in [3.8, 4) is 11.4 Å². The van der Waals surface area contributed by atoms with Gasteiger partial charge >= 0.3 is 0 Å². The molecule has 0 spiro atoms. The molecule has 26 heavy (non-hydrogen) atoms. The van der Waals surface area contributed by atoms with Crippen molar-refractivity contribution in [3.63, 3.8) is 0 Å². The Kier molecular flexibility index (Phi) is 4.46. The van der Waals surface area contributed by atoms with Crippen LogP contribution in [0.5, 0.6) is 0 Å². The fourth-order valence-corrected chi connectivity index (χ4v) is 3.02. The first-order valence-corrected chi connectivity index (χ1v) is 8.78. The third-order valence-corrected chi connectivity index (χ3v) is 4.43. The first-order valence-electron chi connectivity index (χ1n) is 7.70. The molecule has 128 valence electrons. The van der Waals surface area contributed by atoms with Gasteiger partial charge in [-0.3, -0.25) is 4.98 Å². The summed E-state index contributed by atoms with van der Waals surface area (Å²) in [6, 6.07) is 13.1. The van der Waals surface area contributed by atoms with Gasteiger partial charge in [-0.2, -0.15) is 0 Å². The molecule has 0 radical (unpaired) electrons. The zero-order valence-electron chi connectivity index (χ0n) is 13.2. The predicted molar refractivity (Wildman–Crippen MR) is 105 cm³/mol. The number of benzene rings is 2. The van der Waals surface area contributed by atoms with E-state index in [2.05, 4.69) is 42.9 Å². The van der Waals surface area contributed by atoms with E-state index in [0.717, 1.165) is 32.2 Å². The van der Waals surface area contributed by atoms with Crippen molar-refractivity contribution in [2.24, 2.45) is 0 Å². The molecule has 0 aliphatic heterocycles. The van der Waals surface area contributed by atoms with Gasteiger partial charge < -0.3 is 5.32 Å². The van der Waals surface area contributed by atoms with Gasteiger partial charge in [0, 0.05) is 38.7 Å². The second kappa shape index (κ2) is 6.91. The van der Waals surface area contributed by atoms with Crippen LogP contribution in [0.4, 0.5) is 20.3 Å². The third kappa shape index (κ3) is 3.34. The van der Waals surface area contributed by atoms with Gasteiger partial charge in [0.25, 0.3) is 0 Å². The topological polar surface area (TPSA) is 50.7 Å². The highest BCUT2D eigenvalue weighted by Gasteiger charge is 2.11. The highest BCUT2D eigenvalue weighted by Crippen LogP contribution is 2.28. The number of hydrogen-bond acceptors (Lipinski definition) is 4. The molecule has 0 saturated heterocycles. The van der Waals surface area contributed by atoms with Crippen LogP contribution in [0.1, 0.15) is 0 Å². The SMILES string of the molecule is Fc1ccc(Nc2nc(-c3cccnc3)nc3ccc(I)cc23)cc1F. The number of pyridine rings is 1. The average molecular weight is 460 g/mol. The van der Waals surface area contributed by atoms with Crippen molar-refractivity contribution in [1.82, 2.24) is 15.0 Å². The van der Waals surface area contributed by atoms with Gasteiger partial charge in [-0.25, -0.2) is 18.7 Å². The minimum atomic E-state index is -0.921. The maximum absolute atomic E-state index is 13.5. The molecule has 7 heteroatoms. The Balaban J connectivity index is 1.87. The number of rotatable bonds is 3. The number of hydrogen-bond donors (Lipinski definition) is 1. The van der Waals surface area contributed by atoms with Crippen LogP contribution >= 0.6 is 22.6 Å². The summed E-state index contributed by atoms with van der Waals surface area (Å²) < 4.78 is 27.8. The highest BCUT2D eigenvalue weighted by molar-refractivity contribution is 14.1. The quantitative estimate of drug-likeness (QED) is 0.421. The first kappa shape index (κ1) is 16.8. The Morgan fingerprint density at radius 2 is 1.81 bits per heavy atom. The molecule has 0 saturated carbocycles. The zero-order chi connectivity index (χ0) is 18.1. The van der Waals surface area contributed by atoms with Crippen molar-refractivity contribution < 1.29 is 8.78 Å². The van der Waals surface area contributed by atoms with Crippen LogP contribution in [0.2, 0.25) is 0 Å². The summed E-state index contributed by atoms with van der Waals surface area (Å²) in [5.74, 6) is -0.806. The molecule has 0 aliphatic carbocycles. The molecule has 1 N–H and O–H groups in total. The molecule has 0 unspecified atom stereocenters. The molecular formula is C19H11F2IN4. The number of fused-ring (bicyclic) bond motifs is 1. The van der Waals surface area contributed by atoms with E-state index >= 15 is 0 Å². The smallest absolute Gasteiger partial charge is 0.163 e. The second-order valence-corrected chi connectivity index (χ2v) is 6.80. The molecule has 0 atom stereocenters. The molecule has 2 aromatic carbocycles. The number of anilines is 2. The van der Waals surface area contributed by atoms with Crippen LogP contribution in [0.25, 0.3) is 22.3 Å². The van der Waals surface area contributed by atoms with Gasteiger partial charge in [0.2, 0.25) is 0 Å². The molecule has 4 nitrogen and oxygen atoms in total. The van der Waals surface area contributed by atoms with Crippen LogP contribution < -0.4 is 5.32 Å². The molecule has 0 aliphatic rings. The fraction of sp³-hybridized carbons (Fsp3) is 0. The Bertz CT molecular complexity index is 1100. The standard InChI is InChI=1S/C19H11F2IN4/c20-15-5-4-13(9-16(15)21)24-19-14-8-12(22)3-6-17(14)25-18(26-19)11-2-1-7-23-10-11/h1-10H,(H,24,25,26). The van der Waals surface area contributed by atoms with Crippen molar-refractivity contribution in [2.75, 3.05) is 5.32 Å².